The Hall–Kier alpha value is -8.16. The number of ether oxygens (including phenoxy) is 2. The van der Waals surface area contributed by atoms with Gasteiger partial charge in [-0.1, -0.05) is 230 Å². The topological polar surface area (TPSA) is 24.9 Å². The van der Waals surface area contributed by atoms with Crippen LogP contribution >= 0.6 is 31.9 Å². The zero-order chi connectivity index (χ0) is 56.8. The summed E-state index contributed by atoms with van der Waals surface area (Å²) in [5.74, 6) is 1.73. The molecule has 0 spiro atoms. The summed E-state index contributed by atoms with van der Waals surface area (Å²) in [6.45, 7) is 5.80. The predicted molar refractivity (Wildman–Crippen MR) is 359 cm³/mol. The van der Waals surface area contributed by atoms with Crippen molar-refractivity contribution in [1.29, 1.82) is 0 Å². The van der Waals surface area contributed by atoms with Gasteiger partial charge in [0.2, 0.25) is 0 Å². The van der Waals surface area contributed by atoms with Crippen molar-refractivity contribution in [1.82, 2.24) is 0 Å². The number of anilines is 6. The maximum absolute atomic E-state index is 6.79. The number of nitrogens with zero attached hydrogens (tertiary/aromatic N) is 2. The predicted octanol–water partition coefficient (Wildman–Crippen LogP) is 22.8. The quantitative estimate of drug-likeness (QED) is 0.0445. The molecule has 0 unspecified atom stereocenters. The lowest BCUT2D eigenvalue weighted by Crippen LogP contribution is -2.29. The number of unbranched alkanes of at least 4 members (excludes halogenated alkanes) is 6. The maximum atomic E-state index is 6.79. The van der Waals surface area contributed by atoms with Crippen molar-refractivity contribution in [2.45, 2.75) is 70.6 Å². The van der Waals surface area contributed by atoms with Gasteiger partial charge in [-0.25, -0.2) is 0 Å². The van der Waals surface area contributed by atoms with Gasteiger partial charge in [0.1, 0.15) is 11.5 Å². The second-order valence-corrected chi connectivity index (χ2v) is 23.1. The molecule has 1 aliphatic rings. The molecular weight excluding hydrogens is 1140 g/mol. The van der Waals surface area contributed by atoms with E-state index in [0.29, 0.717) is 13.2 Å². The Morgan fingerprint density at radius 3 is 1.05 bits per heavy atom. The minimum absolute atomic E-state index is 0.650. The van der Waals surface area contributed by atoms with Crippen LogP contribution in [-0.2, 0) is 5.41 Å². The molecule has 0 amide bonds. The second-order valence-electron chi connectivity index (χ2n) is 21.3. The molecule has 414 valence electrons. The highest BCUT2D eigenvalue weighted by atomic mass is 79.9. The van der Waals surface area contributed by atoms with Gasteiger partial charge in [-0.2, -0.15) is 0 Å². The lowest BCUT2D eigenvalue weighted by Gasteiger charge is -2.35. The Morgan fingerprint density at radius 2 is 0.699 bits per heavy atom. The largest absolute Gasteiger partial charge is 0.493 e. The molecule has 0 atom stereocenters. The Bertz CT molecular complexity index is 3460. The molecule has 10 aromatic rings. The van der Waals surface area contributed by atoms with Crippen molar-refractivity contribution < 1.29 is 9.47 Å². The third kappa shape index (κ3) is 12.9. The smallest absolute Gasteiger partial charge is 0.126 e. The fourth-order valence-corrected chi connectivity index (χ4v) is 12.3. The van der Waals surface area contributed by atoms with Crippen molar-refractivity contribution in [3.8, 4) is 22.6 Å². The lowest BCUT2D eigenvalue weighted by atomic mass is 9.67. The van der Waals surface area contributed by atoms with Gasteiger partial charge in [-0.05, 0) is 179 Å². The summed E-state index contributed by atoms with van der Waals surface area (Å²) >= 11 is 7.94. The number of fused-ring (bicyclic) bond motifs is 3. The summed E-state index contributed by atoms with van der Waals surface area (Å²) in [6, 6.07) is 87.3. The van der Waals surface area contributed by atoms with Crippen LogP contribution in [0.3, 0.4) is 0 Å². The molecule has 11 rings (SSSR count). The number of halogens is 2. The van der Waals surface area contributed by atoms with Gasteiger partial charge in [0.15, 0.2) is 0 Å². The number of hydrogen-bond donors (Lipinski definition) is 0. The van der Waals surface area contributed by atoms with Crippen LogP contribution in [0.25, 0.3) is 35.4 Å². The Labute approximate surface area is 508 Å². The Balaban J connectivity index is 1.02. The van der Waals surface area contributed by atoms with Gasteiger partial charge >= 0.3 is 0 Å². The molecule has 0 N–H and O–H groups in total. The zero-order valence-corrected chi connectivity index (χ0v) is 50.6. The van der Waals surface area contributed by atoms with E-state index in [-0.39, 0.29) is 0 Å². The van der Waals surface area contributed by atoms with Crippen LogP contribution in [-0.4, -0.2) is 13.2 Å². The highest BCUT2D eigenvalue weighted by Gasteiger charge is 2.47. The first-order valence-electron chi connectivity index (χ1n) is 29.4. The monoisotopic (exact) mass is 1210 g/mol. The van der Waals surface area contributed by atoms with Crippen LogP contribution in [0.5, 0.6) is 11.5 Å². The number of para-hydroxylation sites is 4. The van der Waals surface area contributed by atoms with Crippen LogP contribution in [0.1, 0.15) is 110 Å². The van der Waals surface area contributed by atoms with Gasteiger partial charge < -0.3 is 19.3 Å². The van der Waals surface area contributed by atoms with Crippen LogP contribution in [0, 0.1) is 0 Å². The summed E-state index contributed by atoms with van der Waals surface area (Å²) in [5.41, 5.74) is 17.2. The highest BCUT2D eigenvalue weighted by molar-refractivity contribution is 9.10. The van der Waals surface area contributed by atoms with E-state index in [1.165, 1.54) is 47.9 Å². The zero-order valence-electron chi connectivity index (χ0n) is 47.4. The van der Waals surface area contributed by atoms with Crippen molar-refractivity contribution in [3.63, 3.8) is 0 Å². The van der Waals surface area contributed by atoms with E-state index in [9.17, 15) is 0 Å². The van der Waals surface area contributed by atoms with E-state index in [0.717, 1.165) is 114 Å². The number of hydrogen-bond acceptors (Lipinski definition) is 4. The summed E-state index contributed by atoms with van der Waals surface area (Å²) < 4.78 is 15.6. The maximum Gasteiger partial charge on any atom is 0.126 e. The van der Waals surface area contributed by atoms with Gasteiger partial charge in [-0.15, -0.1) is 0 Å². The van der Waals surface area contributed by atoms with E-state index in [1.807, 2.05) is 0 Å². The second kappa shape index (κ2) is 27.3. The summed E-state index contributed by atoms with van der Waals surface area (Å²) in [5, 5.41) is 0. The molecule has 1 aliphatic carbocycles. The minimum atomic E-state index is -0.747. The summed E-state index contributed by atoms with van der Waals surface area (Å²) in [7, 11) is 0. The number of rotatable bonds is 24. The summed E-state index contributed by atoms with van der Waals surface area (Å²) in [4.78, 5) is 4.60. The van der Waals surface area contributed by atoms with Crippen molar-refractivity contribution in [3.05, 3.63) is 296 Å². The number of benzene rings is 10. The first-order chi connectivity index (χ1) is 40.9. The normalized spacial score (nSPS) is 12.3. The fourth-order valence-electron chi connectivity index (χ4n) is 11.6. The van der Waals surface area contributed by atoms with E-state index in [4.69, 9.17) is 9.47 Å². The van der Waals surface area contributed by atoms with Crippen LogP contribution in [0.2, 0.25) is 0 Å². The molecular formula is C77H70Br2N2O2. The van der Waals surface area contributed by atoms with Crippen molar-refractivity contribution in [2.75, 3.05) is 23.0 Å². The molecule has 0 saturated carbocycles. The standard InChI is InChI=1S/C77H70Br2N2O2/c1-3-5-7-21-51-82-75-49-39-61(53-59(75)37-31-57-33-43-69(44-34-57)80(65-23-13-9-14-24-65)66-25-15-10-16-26-66)77(73-55-63(78)41-47-71(73)72-48-42-64(79)56-74(72)77)62-40-50-76(83-52-22-8-6-4-2)60(54-62)38-32-58-35-45-70(46-36-58)81(67-27-17-11-18-28-67)68-29-19-12-20-30-68/h9-20,23-50,53-56H,3-8,21-22,51-52H2,1-2H3. The molecule has 0 bridgehead atoms. The van der Waals surface area contributed by atoms with Gasteiger partial charge in [0.25, 0.3) is 0 Å². The van der Waals surface area contributed by atoms with E-state index in [2.05, 4.69) is 322 Å². The molecule has 0 saturated heterocycles. The van der Waals surface area contributed by atoms with Crippen molar-refractivity contribution in [2.24, 2.45) is 0 Å². The van der Waals surface area contributed by atoms with E-state index in [1.54, 1.807) is 0 Å². The van der Waals surface area contributed by atoms with Crippen LogP contribution in [0.15, 0.2) is 252 Å². The van der Waals surface area contributed by atoms with Gasteiger partial charge in [-0.3, -0.25) is 0 Å². The van der Waals surface area contributed by atoms with Crippen LogP contribution < -0.4 is 19.3 Å². The molecule has 0 fully saturated rings. The lowest BCUT2D eigenvalue weighted by molar-refractivity contribution is 0.304. The average Bonchev–Trinajstić information content (AvgIpc) is 2.29. The first-order valence-corrected chi connectivity index (χ1v) is 31.0. The van der Waals surface area contributed by atoms with E-state index >= 15 is 0 Å². The molecule has 10 aromatic carbocycles. The third-order valence-electron chi connectivity index (χ3n) is 15.7. The SMILES string of the molecule is CCCCCCOc1ccc(C2(c3ccc(OCCCCCC)c(C=Cc4ccc(N(c5ccccc5)c5ccccc5)cc4)c3)c3cc(Br)ccc3-c3ccc(Br)cc32)cc1C=Cc1ccc(N(c2ccccc2)c2ccccc2)cc1. The Morgan fingerprint density at radius 1 is 0.349 bits per heavy atom. The molecule has 0 heterocycles. The molecule has 6 heteroatoms. The Kier molecular flexibility index (Phi) is 18.6. The van der Waals surface area contributed by atoms with E-state index < -0.39 is 5.41 Å². The third-order valence-corrected chi connectivity index (χ3v) is 16.7. The molecule has 0 aliphatic heterocycles. The highest BCUT2D eigenvalue weighted by Crippen LogP contribution is 2.58. The summed E-state index contributed by atoms with van der Waals surface area (Å²) in [6.07, 6.45) is 17.9. The minimum Gasteiger partial charge on any atom is -0.493 e. The fraction of sp³-hybridized carbons (Fsp3) is 0.169. The van der Waals surface area contributed by atoms with Crippen molar-refractivity contribution >= 4 is 90.3 Å². The van der Waals surface area contributed by atoms with Gasteiger partial charge in [0.05, 0.1) is 18.6 Å². The molecule has 83 heavy (non-hydrogen) atoms. The van der Waals surface area contributed by atoms with Gasteiger partial charge in [0, 0.05) is 54.2 Å². The first kappa shape index (κ1) is 56.7. The van der Waals surface area contributed by atoms with Crippen LogP contribution in [0.4, 0.5) is 34.1 Å². The molecule has 0 radical (unpaired) electrons. The molecule has 0 aromatic heterocycles. The molecule has 4 nitrogen and oxygen atoms in total. The average molecular weight is 1220 g/mol.